The number of hydrogen-bond donors (Lipinski definition) is 1. The summed E-state index contributed by atoms with van der Waals surface area (Å²) >= 11 is 6.51. The fraction of sp³-hybridized carbons (Fsp3) is 0.167. The first kappa shape index (κ1) is 18.1. The molecular weight excluding hydrogens is 418 g/mol. The van der Waals surface area contributed by atoms with Gasteiger partial charge in [0, 0.05) is 33.1 Å². The van der Waals surface area contributed by atoms with E-state index in [1.54, 1.807) is 24.2 Å². The van der Waals surface area contributed by atoms with Gasteiger partial charge in [0.25, 0.3) is 0 Å². The lowest BCUT2D eigenvalue weighted by molar-refractivity contribution is -0.113. The molecule has 3 rings (SSSR count). The predicted molar refractivity (Wildman–Crippen MR) is 109 cm³/mol. The Morgan fingerprint density at radius 3 is 2.64 bits per heavy atom. The normalized spacial score (nSPS) is 10.6. The summed E-state index contributed by atoms with van der Waals surface area (Å²) in [7, 11) is 0. The van der Waals surface area contributed by atoms with Crippen LogP contribution < -0.4 is 5.32 Å². The van der Waals surface area contributed by atoms with Gasteiger partial charge in [0.2, 0.25) is 5.91 Å². The number of hydrogen-bond acceptors (Lipinski definition) is 5. The molecule has 0 atom stereocenters. The summed E-state index contributed by atoms with van der Waals surface area (Å²) in [5.41, 5.74) is 3.12. The minimum Gasteiger partial charge on any atom is -0.301 e. The number of aryl methyl sites for hydroxylation is 1. The predicted octanol–water partition coefficient (Wildman–Crippen LogP) is 5.15. The van der Waals surface area contributed by atoms with E-state index in [0.717, 1.165) is 31.9 Å². The Labute approximate surface area is 163 Å². The van der Waals surface area contributed by atoms with E-state index in [1.807, 2.05) is 43.3 Å². The van der Waals surface area contributed by atoms with Crippen molar-refractivity contribution in [3.8, 4) is 11.3 Å². The molecule has 0 saturated heterocycles. The third kappa shape index (κ3) is 5.14. The molecule has 4 nitrogen and oxygen atoms in total. The maximum Gasteiger partial charge on any atom is 0.236 e. The molecule has 0 unspecified atom stereocenters. The van der Waals surface area contributed by atoms with E-state index in [9.17, 15) is 4.79 Å². The summed E-state index contributed by atoms with van der Waals surface area (Å²) in [5.74, 6) is 1.15. The number of aromatic nitrogens is 2. The number of carbonyl (C=O) groups is 1. The molecular formula is C18H16BrN3OS2. The van der Waals surface area contributed by atoms with Crippen LogP contribution in [0, 0.1) is 6.92 Å². The summed E-state index contributed by atoms with van der Waals surface area (Å²) < 4.78 is 1.03. The number of halogens is 1. The van der Waals surface area contributed by atoms with Gasteiger partial charge in [-0.05, 0) is 36.8 Å². The second-order valence-corrected chi connectivity index (χ2v) is 8.43. The van der Waals surface area contributed by atoms with Gasteiger partial charge >= 0.3 is 0 Å². The number of nitrogens with one attached hydrogen (secondary N) is 1. The van der Waals surface area contributed by atoms with Gasteiger partial charge in [-0.2, -0.15) is 0 Å². The van der Waals surface area contributed by atoms with Crippen molar-refractivity contribution in [2.45, 2.75) is 12.7 Å². The van der Waals surface area contributed by atoms with Gasteiger partial charge in [-0.25, -0.2) is 4.98 Å². The highest BCUT2D eigenvalue weighted by Gasteiger charge is 2.12. The molecule has 0 aliphatic heterocycles. The van der Waals surface area contributed by atoms with Gasteiger partial charge in [-0.15, -0.1) is 23.1 Å². The summed E-state index contributed by atoms with van der Waals surface area (Å²) in [6.07, 6.45) is 3.52. The van der Waals surface area contributed by atoms with E-state index < -0.39 is 0 Å². The van der Waals surface area contributed by atoms with Gasteiger partial charge in [-0.3, -0.25) is 9.78 Å². The quantitative estimate of drug-likeness (QED) is 0.583. The van der Waals surface area contributed by atoms with Crippen molar-refractivity contribution < 1.29 is 4.79 Å². The lowest BCUT2D eigenvalue weighted by Crippen LogP contribution is -2.13. The minimum atomic E-state index is -0.0323. The van der Waals surface area contributed by atoms with Crippen molar-refractivity contribution in [3.63, 3.8) is 0 Å². The average Bonchev–Trinajstić information content (AvgIpc) is 2.96. The molecule has 128 valence electrons. The first-order valence-corrected chi connectivity index (χ1v) is 10.4. The number of benzene rings is 1. The standard InChI is InChI=1S/C18H16BrN3OS2/c1-12-17(14-2-4-15(19)5-3-14)22-18(25-12)21-16(23)11-24-10-13-6-8-20-9-7-13/h2-9H,10-11H2,1H3,(H,21,22,23). The fourth-order valence-electron chi connectivity index (χ4n) is 2.22. The molecule has 0 radical (unpaired) electrons. The van der Waals surface area contributed by atoms with Crippen molar-refractivity contribution in [3.05, 3.63) is 63.7 Å². The van der Waals surface area contributed by atoms with Crippen molar-refractivity contribution in [2.75, 3.05) is 11.1 Å². The maximum atomic E-state index is 12.1. The van der Waals surface area contributed by atoms with E-state index in [-0.39, 0.29) is 5.91 Å². The van der Waals surface area contributed by atoms with Crippen LogP contribution in [0.1, 0.15) is 10.4 Å². The van der Waals surface area contributed by atoms with Crippen LogP contribution in [-0.2, 0) is 10.5 Å². The molecule has 0 spiro atoms. The largest absolute Gasteiger partial charge is 0.301 e. The van der Waals surface area contributed by atoms with Gasteiger partial charge in [0.05, 0.1) is 11.4 Å². The molecule has 2 heterocycles. The molecule has 3 aromatic rings. The Balaban J connectivity index is 1.56. The fourth-order valence-corrected chi connectivity index (χ4v) is 4.13. The second-order valence-electron chi connectivity index (χ2n) is 5.33. The Hall–Kier alpha value is -1.70. The number of thiazole rings is 1. The van der Waals surface area contributed by atoms with Crippen molar-refractivity contribution in [2.24, 2.45) is 0 Å². The van der Waals surface area contributed by atoms with Crippen molar-refractivity contribution >= 4 is 50.1 Å². The third-order valence-electron chi connectivity index (χ3n) is 3.41. The molecule has 0 fully saturated rings. The number of amides is 1. The number of nitrogens with zero attached hydrogens (tertiary/aromatic N) is 2. The monoisotopic (exact) mass is 433 g/mol. The van der Waals surface area contributed by atoms with E-state index in [2.05, 4.69) is 31.2 Å². The van der Waals surface area contributed by atoms with Gasteiger partial charge in [-0.1, -0.05) is 28.1 Å². The molecule has 0 aliphatic rings. The Morgan fingerprint density at radius 1 is 1.20 bits per heavy atom. The van der Waals surface area contributed by atoms with Crippen LogP contribution in [0.25, 0.3) is 11.3 Å². The van der Waals surface area contributed by atoms with Crippen LogP contribution in [0.3, 0.4) is 0 Å². The highest BCUT2D eigenvalue weighted by molar-refractivity contribution is 9.10. The highest BCUT2D eigenvalue weighted by atomic mass is 79.9. The zero-order valence-electron chi connectivity index (χ0n) is 13.5. The van der Waals surface area contributed by atoms with E-state index in [1.165, 1.54) is 11.3 Å². The van der Waals surface area contributed by atoms with E-state index in [4.69, 9.17) is 0 Å². The average molecular weight is 434 g/mol. The van der Waals surface area contributed by atoms with Crippen molar-refractivity contribution in [1.29, 1.82) is 0 Å². The molecule has 1 amide bonds. The molecule has 1 N–H and O–H groups in total. The molecule has 7 heteroatoms. The smallest absolute Gasteiger partial charge is 0.236 e. The second kappa shape index (κ2) is 8.60. The first-order chi connectivity index (χ1) is 12.1. The molecule has 2 aromatic heterocycles. The number of pyridine rings is 1. The van der Waals surface area contributed by atoms with Crippen LogP contribution >= 0.6 is 39.0 Å². The zero-order chi connectivity index (χ0) is 17.6. The molecule has 25 heavy (non-hydrogen) atoms. The highest BCUT2D eigenvalue weighted by Crippen LogP contribution is 2.31. The van der Waals surface area contributed by atoms with Crippen LogP contribution in [0.2, 0.25) is 0 Å². The van der Waals surface area contributed by atoms with Gasteiger partial charge in [0.15, 0.2) is 5.13 Å². The lowest BCUT2D eigenvalue weighted by atomic mass is 10.1. The summed E-state index contributed by atoms with van der Waals surface area (Å²) in [6.45, 7) is 2.02. The molecule has 0 bridgehead atoms. The van der Waals surface area contributed by atoms with E-state index >= 15 is 0 Å². The SMILES string of the molecule is Cc1sc(NC(=O)CSCc2ccncc2)nc1-c1ccc(Br)cc1. The number of rotatable bonds is 6. The minimum absolute atomic E-state index is 0.0323. The van der Waals surface area contributed by atoms with Gasteiger partial charge in [0.1, 0.15) is 0 Å². The summed E-state index contributed by atoms with van der Waals surface area (Å²) in [6, 6.07) is 11.9. The van der Waals surface area contributed by atoms with Crippen molar-refractivity contribution in [1.82, 2.24) is 9.97 Å². The number of thioether (sulfide) groups is 1. The summed E-state index contributed by atoms with van der Waals surface area (Å²) in [5, 5.41) is 3.54. The Morgan fingerprint density at radius 2 is 1.92 bits per heavy atom. The van der Waals surface area contributed by atoms with Gasteiger partial charge < -0.3 is 5.32 Å². The first-order valence-electron chi connectivity index (χ1n) is 7.61. The van der Waals surface area contributed by atoms with Crippen LogP contribution in [0.15, 0.2) is 53.3 Å². The molecule has 0 aliphatic carbocycles. The maximum absolute atomic E-state index is 12.1. The molecule has 0 saturated carbocycles. The topological polar surface area (TPSA) is 54.9 Å². The van der Waals surface area contributed by atoms with Crippen LogP contribution in [0.4, 0.5) is 5.13 Å². The van der Waals surface area contributed by atoms with Crippen LogP contribution in [-0.4, -0.2) is 21.6 Å². The van der Waals surface area contributed by atoms with E-state index in [0.29, 0.717) is 10.9 Å². The number of anilines is 1. The third-order valence-corrected chi connectivity index (χ3v) is 5.83. The zero-order valence-corrected chi connectivity index (χ0v) is 16.7. The summed E-state index contributed by atoms with van der Waals surface area (Å²) in [4.78, 5) is 21.8. The lowest BCUT2D eigenvalue weighted by Gasteiger charge is -2.02. The Kier molecular flexibility index (Phi) is 6.23. The van der Waals surface area contributed by atoms with Crippen LogP contribution in [0.5, 0.6) is 0 Å². The number of carbonyl (C=O) groups excluding carboxylic acids is 1. The Bertz CT molecular complexity index is 851. The molecule has 1 aromatic carbocycles.